The Morgan fingerprint density at radius 1 is 0.950 bits per heavy atom. The van der Waals surface area contributed by atoms with Crippen LogP contribution in [0.25, 0.3) is 0 Å². The van der Waals surface area contributed by atoms with Crippen LogP contribution in [0.2, 0.25) is 0 Å². The van der Waals surface area contributed by atoms with Gasteiger partial charge in [-0.3, -0.25) is 0 Å². The van der Waals surface area contributed by atoms with Crippen molar-refractivity contribution in [3.8, 4) is 11.8 Å². The Morgan fingerprint density at radius 3 is 2.20 bits per heavy atom. The van der Waals surface area contributed by atoms with Crippen molar-refractivity contribution in [2.24, 2.45) is 5.92 Å². The van der Waals surface area contributed by atoms with Gasteiger partial charge in [-0.15, -0.1) is 0 Å². The highest BCUT2D eigenvalue weighted by atomic mass is 79.9. The lowest BCUT2D eigenvalue weighted by Crippen LogP contribution is -2.23. The molecule has 3 rings (SSSR count). The van der Waals surface area contributed by atoms with Crippen LogP contribution in [0.3, 0.4) is 0 Å². The third kappa shape index (κ3) is 10.9. The lowest BCUT2D eigenvalue weighted by molar-refractivity contribution is -0.154. The molecule has 40 heavy (non-hydrogen) atoms. The highest BCUT2D eigenvalue weighted by Crippen LogP contribution is 2.22. The van der Waals surface area contributed by atoms with E-state index < -0.39 is 30.4 Å². The number of nitrogens with zero attached hydrogens (tertiary/aromatic N) is 3. The molecule has 216 valence electrons. The van der Waals surface area contributed by atoms with Crippen molar-refractivity contribution < 1.29 is 32.2 Å². The van der Waals surface area contributed by atoms with Crippen LogP contribution in [0.4, 0.5) is 30.8 Å². The molecule has 0 radical (unpaired) electrons. The molecule has 0 fully saturated rings. The molecule has 0 amide bonds. The minimum absolute atomic E-state index is 0.00604. The molecule has 0 unspecified atom stereocenters. The molecule has 0 aliphatic heterocycles. The average Bonchev–Trinajstić information content (AvgIpc) is 2.89. The Hall–Kier alpha value is -3.61. The molecule has 0 saturated carbocycles. The van der Waals surface area contributed by atoms with Crippen LogP contribution in [0.15, 0.2) is 48.5 Å². The van der Waals surface area contributed by atoms with Gasteiger partial charge in [0.25, 0.3) is 0 Å². The third-order valence-electron chi connectivity index (χ3n) is 4.93. The van der Waals surface area contributed by atoms with Crippen LogP contribution in [0.1, 0.15) is 43.6 Å². The molecule has 3 aromatic rings. The number of nitrogens with one attached hydrogen (secondary N) is 2. The van der Waals surface area contributed by atoms with Gasteiger partial charge >= 0.3 is 18.2 Å². The Labute approximate surface area is 239 Å². The highest BCUT2D eigenvalue weighted by molar-refractivity contribution is 9.09. The van der Waals surface area contributed by atoms with Gasteiger partial charge in [-0.1, -0.05) is 35.0 Å². The summed E-state index contributed by atoms with van der Waals surface area (Å²) >= 11 is 3.42. The summed E-state index contributed by atoms with van der Waals surface area (Å²) in [5, 5.41) is 6.71. The van der Waals surface area contributed by atoms with E-state index in [0.29, 0.717) is 23.8 Å². The predicted octanol–water partition coefficient (Wildman–Crippen LogP) is 6.53. The maximum absolute atomic E-state index is 12.7. The number of ether oxygens (including phenoxy) is 3. The van der Waals surface area contributed by atoms with Crippen LogP contribution in [0.5, 0.6) is 11.8 Å². The third-order valence-corrected chi connectivity index (χ3v) is 6.03. The summed E-state index contributed by atoms with van der Waals surface area (Å²) in [5.41, 5.74) is 1.04. The maximum Gasteiger partial charge on any atom is 0.422 e. The molecule has 13 heteroatoms. The number of benzene rings is 2. The molecule has 0 bridgehead atoms. The minimum Gasteiger partial charge on any atom is -0.493 e. The molecular formula is C27H31BrF3N5O4. The number of hydrogen-bond donors (Lipinski definition) is 2. The first-order chi connectivity index (χ1) is 18.8. The van der Waals surface area contributed by atoms with Gasteiger partial charge in [-0.25, -0.2) is 4.79 Å². The summed E-state index contributed by atoms with van der Waals surface area (Å²) in [6.07, 6.45) is -4.57. The summed E-state index contributed by atoms with van der Waals surface area (Å²) in [6, 6.07) is 13.1. The van der Waals surface area contributed by atoms with Crippen LogP contribution in [0, 0.1) is 5.92 Å². The van der Waals surface area contributed by atoms with E-state index in [1.54, 1.807) is 45.0 Å². The van der Waals surface area contributed by atoms with E-state index in [2.05, 4.69) is 48.4 Å². The first-order valence-corrected chi connectivity index (χ1v) is 13.5. The second-order valence-corrected chi connectivity index (χ2v) is 10.6. The van der Waals surface area contributed by atoms with Gasteiger partial charge in [0, 0.05) is 17.6 Å². The van der Waals surface area contributed by atoms with Gasteiger partial charge in [0.05, 0.1) is 12.2 Å². The first kappa shape index (κ1) is 30.9. The quantitative estimate of drug-likeness (QED) is 0.171. The first-order valence-electron chi connectivity index (χ1n) is 12.4. The minimum atomic E-state index is -4.57. The fourth-order valence-electron chi connectivity index (χ4n) is 3.03. The molecule has 0 aliphatic rings. The zero-order chi connectivity index (χ0) is 29.3. The number of anilines is 3. The van der Waals surface area contributed by atoms with E-state index in [0.717, 1.165) is 16.6 Å². The van der Waals surface area contributed by atoms with Crippen molar-refractivity contribution in [2.45, 2.75) is 46.0 Å². The largest absolute Gasteiger partial charge is 0.493 e. The number of aromatic nitrogens is 3. The number of alkyl halides is 4. The maximum atomic E-state index is 12.7. The number of carbonyl (C=O) groups excluding carboxylic acids is 1. The molecule has 1 heterocycles. The van der Waals surface area contributed by atoms with Crippen molar-refractivity contribution in [3.05, 3.63) is 59.7 Å². The molecule has 0 aliphatic carbocycles. The van der Waals surface area contributed by atoms with Crippen molar-refractivity contribution in [3.63, 3.8) is 0 Å². The van der Waals surface area contributed by atoms with Crippen molar-refractivity contribution in [1.82, 2.24) is 15.0 Å². The SMILES string of the molecule is C[C@@H](CBr)COc1ccc(CNc2nc(Nc3ccc(C(=O)OC(C)(C)C)cc3)nc(OCC(F)(F)F)n2)cc1. The highest BCUT2D eigenvalue weighted by Gasteiger charge is 2.29. The molecule has 2 N–H and O–H groups in total. The summed E-state index contributed by atoms with van der Waals surface area (Å²) in [4.78, 5) is 24.4. The van der Waals surface area contributed by atoms with Gasteiger partial charge < -0.3 is 24.8 Å². The fourth-order valence-corrected chi connectivity index (χ4v) is 3.21. The number of hydrogen-bond acceptors (Lipinski definition) is 9. The zero-order valence-electron chi connectivity index (χ0n) is 22.5. The van der Waals surface area contributed by atoms with E-state index in [-0.39, 0.29) is 18.4 Å². The normalized spacial score (nSPS) is 12.4. The Kier molecular flexibility index (Phi) is 10.5. The van der Waals surface area contributed by atoms with Crippen LogP contribution >= 0.6 is 15.9 Å². The van der Waals surface area contributed by atoms with Crippen molar-refractivity contribution >= 4 is 39.5 Å². The van der Waals surface area contributed by atoms with Gasteiger partial charge in [0.15, 0.2) is 6.61 Å². The van der Waals surface area contributed by atoms with Gasteiger partial charge in [-0.2, -0.15) is 28.1 Å². The van der Waals surface area contributed by atoms with E-state index in [9.17, 15) is 18.0 Å². The van der Waals surface area contributed by atoms with E-state index in [1.165, 1.54) is 0 Å². The molecule has 0 spiro atoms. The topological polar surface area (TPSA) is 107 Å². The van der Waals surface area contributed by atoms with E-state index >= 15 is 0 Å². The number of carbonyl (C=O) groups is 1. The second kappa shape index (κ2) is 13.6. The standard InChI is InChI=1S/C27H31BrF3N5O4/c1-17(13-28)15-38-21-11-5-18(6-12-21)14-32-23-34-24(36-25(35-23)39-16-27(29,30)31)33-20-9-7-19(8-10-20)22(37)40-26(2,3)4/h5-12,17H,13-16H2,1-4H3,(H2,32,33,34,35,36)/t17-/m0/s1. The second-order valence-electron chi connectivity index (χ2n) is 9.94. The predicted molar refractivity (Wildman–Crippen MR) is 148 cm³/mol. The zero-order valence-corrected chi connectivity index (χ0v) is 24.1. The lowest BCUT2D eigenvalue weighted by atomic mass is 10.1. The summed E-state index contributed by atoms with van der Waals surface area (Å²) in [5.74, 6) is 0.561. The van der Waals surface area contributed by atoms with E-state index in [1.807, 2.05) is 24.3 Å². The molecule has 9 nitrogen and oxygen atoms in total. The average molecular weight is 626 g/mol. The fraction of sp³-hybridized carbons (Fsp3) is 0.407. The Balaban J connectivity index is 1.71. The molecule has 0 saturated heterocycles. The Bertz CT molecular complexity index is 1250. The summed E-state index contributed by atoms with van der Waals surface area (Å²) < 4.78 is 54.1. The smallest absolute Gasteiger partial charge is 0.422 e. The van der Waals surface area contributed by atoms with Crippen LogP contribution < -0.4 is 20.1 Å². The molecule has 2 aromatic carbocycles. The van der Waals surface area contributed by atoms with Crippen molar-refractivity contribution in [2.75, 3.05) is 29.2 Å². The van der Waals surface area contributed by atoms with Gasteiger partial charge in [0.1, 0.15) is 11.4 Å². The Morgan fingerprint density at radius 2 is 1.60 bits per heavy atom. The number of esters is 1. The van der Waals surface area contributed by atoms with E-state index in [4.69, 9.17) is 14.2 Å². The summed E-state index contributed by atoms with van der Waals surface area (Å²) in [6.45, 7) is 6.67. The van der Waals surface area contributed by atoms with Crippen LogP contribution in [-0.4, -0.2) is 51.2 Å². The molecule has 1 aromatic heterocycles. The van der Waals surface area contributed by atoms with Crippen LogP contribution in [-0.2, 0) is 11.3 Å². The monoisotopic (exact) mass is 625 g/mol. The number of rotatable bonds is 12. The van der Waals surface area contributed by atoms with Gasteiger partial charge in [-0.05, 0) is 68.7 Å². The molecular weight excluding hydrogens is 595 g/mol. The summed E-state index contributed by atoms with van der Waals surface area (Å²) in [7, 11) is 0. The number of halogens is 4. The lowest BCUT2D eigenvalue weighted by Gasteiger charge is -2.19. The van der Waals surface area contributed by atoms with Gasteiger partial charge in [0.2, 0.25) is 11.9 Å². The molecule has 1 atom stereocenters. The van der Waals surface area contributed by atoms with Crippen molar-refractivity contribution in [1.29, 1.82) is 0 Å².